The summed E-state index contributed by atoms with van der Waals surface area (Å²) in [7, 11) is 0. The van der Waals surface area contributed by atoms with Crippen molar-refractivity contribution in [3.63, 3.8) is 0 Å². The van der Waals surface area contributed by atoms with E-state index in [4.69, 9.17) is 14.2 Å². The van der Waals surface area contributed by atoms with Gasteiger partial charge >= 0.3 is 0 Å². The topological polar surface area (TPSA) is 51.2 Å². The number of fused-ring (bicyclic) bond motifs is 1. The van der Waals surface area contributed by atoms with Gasteiger partial charge in [-0.2, -0.15) is 0 Å². The summed E-state index contributed by atoms with van der Waals surface area (Å²) in [5, 5.41) is 0. The van der Waals surface area contributed by atoms with Crippen LogP contribution in [0.3, 0.4) is 0 Å². The molecular weight excluding hydrogens is 356 g/mol. The Labute approximate surface area is 165 Å². The first-order valence-corrected chi connectivity index (χ1v) is 9.68. The maximum absolute atomic E-state index is 12.5. The van der Waals surface area contributed by atoms with Crippen LogP contribution in [0.2, 0.25) is 0 Å². The molecule has 2 heterocycles. The van der Waals surface area contributed by atoms with Gasteiger partial charge < -0.3 is 19.1 Å². The molecule has 2 aromatic carbocycles. The van der Waals surface area contributed by atoms with Crippen LogP contribution in [-0.2, 0) is 11.3 Å². The van der Waals surface area contributed by atoms with Crippen LogP contribution in [0.15, 0.2) is 36.4 Å². The molecule has 0 N–H and O–H groups in total. The largest absolute Gasteiger partial charge is 0.483 e. The smallest absolute Gasteiger partial charge is 0.260 e. The molecule has 6 heteroatoms. The number of aryl methyl sites for hydroxylation is 1. The minimum Gasteiger partial charge on any atom is -0.483 e. The third-order valence-corrected chi connectivity index (χ3v) is 5.47. The Balaban J connectivity index is 1.25. The first kappa shape index (κ1) is 18.6. The molecule has 1 saturated heterocycles. The van der Waals surface area contributed by atoms with Crippen LogP contribution in [0, 0.1) is 13.8 Å². The van der Waals surface area contributed by atoms with Gasteiger partial charge in [-0.05, 0) is 48.7 Å². The molecule has 2 aromatic rings. The third-order valence-electron chi connectivity index (χ3n) is 5.47. The van der Waals surface area contributed by atoms with E-state index >= 15 is 0 Å². The summed E-state index contributed by atoms with van der Waals surface area (Å²) in [6.07, 6.45) is 0. The maximum atomic E-state index is 12.5. The number of amides is 1. The molecule has 2 aliphatic heterocycles. The number of hydrogen-bond acceptors (Lipinski definition) is 5. The van der Waals surface area contributed by atoms with Crippen molar-refractivity contribution >= 4 is 5.91 Å². The standard InChI is InChI=1S/C22H26N2O4/c1-16-4-3-5-19(17(16)2)26-14-22(25)24-10-8-23(9-11-24)13-18-6-7-20-21(12-18)28-15-27-20/h3-7,12H,8-11,13-15H2,1-2H3. The minimum atomic E-state index is 0.0450. The zero-order valence-corrected chi connectivity index (χ0v) is 16.4. The van der Waals surface area contributed by atoms with Crippen LogP contribution in [0.25, 0.3) is 0 Å². The lowest BCUT2D eigenvalue weighted by atomic mass is 10.1. The molecule has 0 bridgehead atoms. The van der Waals surface area contributed by atoms with Crippen molar-refractivity contribution in [3.8, 4) is 17.2 Å². The van der Waals surface area contributed by atoms with Gasteiger partial charge in [0.15, 0.2) is 18.1 Å². The number of nitrogens with zero attached hydrogens (tertiary/aromatic N) is 2. The second-order valence-electron chi connectivity index (χ2n) is 7.33. The molecule has 0 aliphatic carbocycles. The van der Waals surface area contributed by atoms with Gasteiger partial charge in [0.25, 0.3) is 5.91 Å². The lowest BCUT2D eigenvalue weighted by molar-refractivity contribution is -0.135. The van der Waals surface area contributed by atoms with Gasteiger partial charge in [0, 0.05) is 32.7 Å². The predicted molar refractivity (Wildman–Crippen MR) is 106 cm³/mol. The molecule has 0 saturated carbocycles. The molecule has 2 aliphatic rings. The SMILES string of the molecule is Cc1cccc(OCC(=O)N2CCN(Cc3ccc4c(c3)OCO4)CC2)c1C. The third kappa shape index (κ3) is 4.07. The molecule has 0 radical (unpaired) electrons. The van der Waals surface area contributed by atoms with E-state index in [9.17, 15) is 4.79 Å². The van der Waals surface area contributed by atoms with Crippen molar-refractivity contribution in [1.29, 1.82) is 0 Å². The van der Waals surface area contributed by atoms with E-state index in [0.29, 0.717) is 6.79 Å². The van der Waals surface area contributed by atoms with Crippen molar-refractivity contribution in [2.75, 3.05) is 39.6 Å². The Kier molecular flexibility index (Phi) is 5.39. The Morgan fingerprint density at radius 2 is 1.82 bits per heavy atom. The average molecular weight is 382 g/mol. The summed E-state index contributed by atoms with van der Waals surface area (Å²) in [5.74, 6) is 2.45. The molecule has 0 aromatic heterocycles. The van der Waals surface area contributed by atoms with E-state index in [2.05, 4.69) is 11.0 Å². The van der Waals surface area contributed by atoms with Crippen molar-refractivity contribution < 1.29 is 19.0 Å². The summed E-state index contributed by atoms with van der Waals surface area (Å²) < 4.78 is 16.6. The molecule has 28 heavy (non-hydrogen) atoms. The van der Waals surface area contributed by atoms with Crippen molar-refractivity contribution in [1.82, 2.24) is 9.80 Å². The summed E-state index contributed by atoms with van der Waals surface area (Å²) >= 11 is 0. The van der Waals surface area contributed by atoms with Gasteiger partial charge in [-0.15, -0.1) is 0 Å². The molecule has 6 nitrogen and oxygen atoms in total. The molecule has 0 atom stereocenters. The van der Waals surface area contributed by atoms with Crippen LogP contribution in [0.1, 0.15) is 16.7 Å². The van der Waals surface area contributed by atoms with E-state index in [1.165, 1.54) is 11.1 Å². The fourth-order valence-corrected chi connectivity index (χ4v) is 3.56. The Morgan fingerprint density at radius 1 is 1.04 bits per heavy atom. The van der Waals surface area contributed by atoms with Crippen LogP contribution in [-0.4, -0.2) is 55.3 Å². The Morgan fingerprint density at radius 3 is 2.64 bits per heavy atom. The highest BCUT2D eigenvalue weighted by molar-refractivity contribution is 5.78. The van der Waals surface area contributed by atoms with Gasteiger partial charge in [0.05, 0.1) is 0 Å². The fourth-order valence-electron chi connectivity index (χ4n) is 3.56. The van der Waals surface area contributed by atoms with Gasteiger partial charge in [-0.3, -0.25) is 9.69 Å². The van der Waals surface area contributed by atoms with Crippen LogP contribution in [0.5, 0.6) is 17.2 Å². The quantitative estimate of drug-likeness (QED) is 0.796. The van der Waals surface area contributed by atoms with Gasteiger partial charge in [0.2, 0.25) is 6.79 Å². The van der Waals surface area contributed by atoms with Crippen LogP contribution in [0.4, 0.5) is 0 Å². The lowest BCUT2D eigenvalue weighted by Crippen LogP contribution is -2.49. The maximum Gasteiger partial charge on any atom is 0.260 e. The highest BCUT2D eigenvalue weighted by atomic mass is 16.7. The van der Waals surface area contributed by atoms with E-state index in [1.54, 1.807) is 0 Å². The zero-order valence-electron chi connectivity index (χ0n) is 16.4. The number of piperazine rings is 1. The summed E-state index contributed by atoms with van der Waals surface area (Å²) in [5.41, 5.74) is 3.45. The number of carbonyl (C=O) groups is 1. The number of ether oxygens (including phenoxy) is 3. The summed E-state index contributed by atoms with van der Waals surface area (Å²) in [6, 6.07) is 12.0. The second-order valence-corrected chi connectivity index (χ2v) is 7.33. The van der Waals surface area contributed by atoms with Crippen molar-refractivity contribution in [3.05, 3.63) is 53.1 Å². The Hall–Kier alpha value is -2.73. The predicted octanol–water partition coefficient (Wildman–Crippen LogP) is 2.76. The first-order chi connectivity index (χ1) is 13.6. The summed E-state index contributed by atoms with van der Waals surface area (Å²) in [6.45, 7) is 8.44. The van der Waals surface area contributed by atoms with E-state index < -0.39 is 0 Å². The average Bonchev–Trinajstić information content (AvgIpc) is 3.17. The van der Waals surface area contributed by atoms with E-state index in [-0.39, 0.29) is 12.5 Å². The number of carbonyl (C=O) groups excluding carboxylic acids is 1. The molecular formula is C22H26N2O4. The fraction of sp³-hybridized carbons (Fsp3) is 0.409. The van der Waals surface area contributed by atoms with Crippen molar-refractivity contribution in [2.24, 2.45) is 0 Å². The number of benzene rings is 2. The van der Waals surface area contributed by atoms with Gasteiger partial charge in [0.1, 0.15) is 5.75 Å². The van der Waals surface area contributed by atoms with E-state index in [0.717, 1.165) is 55.5 Å². The number of hydrogen-bond donors (Lipinski definition) is 0. The lowest BCUT2D eigenvalue weighted by Gasteiger charge is -2.34. The zero-order chi connectivity index (χ0) is 19.5. The van der Waals surface area contributed by atoms with Crippen LogP contribution < -0.4 is 14.2 Å². The minimum absolute atomic E-state index is 0.0450. The van der Waals surface area contributed by atoms with E-state index in [1.807, 2.05) is 49.1 Å². The highest BCUT2D eigenvalue weighted by Gasteiger charge is 2.22. The highest BCUT2D eigenvalue weighted by Crippen LogP contribution is 2.32. The van der Waals surface area contributed by atoms with Crippen molar-refractivity contribution in [2.45, 2.75) is 20.4 Å². The molecule has 0 unspecified atom stereocenters. The Bertz CT molecular complexity index is 860. The van der Waals surface area contributed by atoms with Gasteiger partial charge in [-0.25, -0.2) is 0 Å². The molecule has 1 fully saturated rings. The number of rotatable bonds is 5. The second kappa shape index (κ2) is 8.10. The molecule has 1 amide bonds. The monoisotopic (exact) mass is 382 g/mol. The molecule has 4 rings (SSSR count). The molecule has 148 valence electrons. The van der Waals surface area contributed by atoms with Gasteiger partial charge in [-0.1, -0.05) is 18.2 Å². The normalized spacial score (nSPS) is 16.3. The first-order valence-electron chi connectivity index (χ1n) is 9.68. The summed E-state index contributed by atoms with van der Waals surface area (Å²) in [4.78, 5) is 16.8. The molecule has 0 spiro atoms. The van der Waals surface area contributed by atoms with Crippen LogP contribution >= 0.6 is 0 Å².